The molecular formula is C17H21N3O3S. The van der Waals surface area contributed by atoms with Gasteiger partial charge in [-0.05, 0) is 43.2 Å². The average molecular weight is 347 g/mol. The maximum absolute atomic E-state index is 11.8. The van der Waals surface area contributed by atoms with Gasteiger partial charge < -0.3 is 10.6 Å². The van der Waals surface area contributed by atoms with Crippen molar-refractivity contribution in [1.29, 1.82) is 0 Å². The van der Waals surface area contributed by atoms with E-state index in [9.17, 15) is 13.2 Å². The van der Waals surface area contributed by atoms with Crippen molar-refractivity contribution in [3.8, 4) is 0 Å². The van der Waals surface area contributed by atoms with Gasteiger partial charge in [-0.25, -0.2) is 13.2 Å². The van der Waals surface area contributed by atoms with Gasteiger partial charge in [-0.2, -0.15) is 0 Å². The van der Waals surface area contributed by atoms with Gasteiger partial charge in [-0.1, -0.05) is 29.8 Å². The van der Waals surface area contributed by atoms with E-state index in [0.717, 1.165) is 12.7 Å². The summed E-state index contributed by atoms with van der Waals surface area (Å²) in [5.41, 5.74) is 3.40. The van der Waals surface area contributed by atoms with E-state index < -0.39 is 10.0 Å². The Morgan fingerprint density at radius 3 is 2.33 bits per heavy atom. The van der Waals surface area contributed by atoms with Gasteiger partial charge in [0.1, 0.15) is 0 Å². The summed E-state index contributed by atoms with van der Waals surface area (Å²) in [6.07, 6.45) is 1.84. The fraction of sp³-hybridized carbons (Fsp3) is 0.235. The van der Waals surface area contributed by atoms with Crippen LogP contribution in [0.3, 0.4) is 0 Å². The third-order valence-electron chi connectivity index (χ3n) is 3.23. The second kappa shape index (κ2) is 7.83. The molecule has 2 aromatic carbocycles. The summed E-state index contributed by atoms with van der Waals surface area (Å²) in [6.45, 7) is 2.56. The second-order valence-electron chi connectivity index (χ2n) is 5.57. The largest absolute Gasteiger partial charge is 0.338 e. The molecule has 0 atom stereocenters. The first-order chi connectivity index (χ1) is 11.3. The molecule has 0 aliphatic carbocycles. The number of carbonyl (C=O) groups excluding carboxylic acids is 1. The minimum Gasteiger partial charge on any atom is -0.338 e. The number of sulfonamides is 1. The van der Waals surface area contributed by atoms with E-state index in [1.165, 1.54) is 11.1 Å². The first-order valence-electron chi connectivity index (χ1n) is 7.50. The number of anilines is 2. The van der Waals surface area contributed by atoms with E-state index in [4.69, 9.17) is 0 Å². The monoisotopic (exact) mass is 347 g/mol. The van der Waals surface area contributed by atoms with Crippen LogP contribution in [0.1, 0.15) is 11.1 Å². The van der Waals surface area contributed by atoms with Crippen LogP contribution in [0.4, 0.5) is 16.2 Å². The van der Waals surface area contributed by atoms with Gasteiger partial charge in [0.25, 0.3) is 0 Å². The van der Waals surface area contributed by atoms with Gasteiger partial charge in [0.05, 0.1) is 6.26 Å². The topological polar surface area (TPSA) is 87.3 Å². The van der Waals surface area contributed by atoms with Crippen LogP contribution in [0.25, 0.3) is 0 Å². The van der Waals surface area contributed by atoms with Gasteiger partial charge in [0, 0.05) is 17.9 Å². The minimum atomic E-state index is -3.30. The fourth-order valence-electron chi connectivity index (χ4n) is 2.20. The Labute approximate surface area is 142 Å². The molecule has 0 heterocycles. The van der Waals surface area contributed by atoms with Gasteiger partial charge in [-0.3, -0.25) is 4.72 Å². The highest BCUT2D eigenvalue weighted by Gasteiger charge is 2.04. The van der Waals surface area contributed by atoms with Gasteiger partial charge >= 0.3 is 6.03 Å². The molecule has 0 saturated carbocycles. The highest BCUT2D eigenvalue weighted by atomic mass is 32.2. The SMILES string of the molecule is Cc1cccc(CCNC(=O)Nc2ccc(NS(C)(=O)=O)cc2)c1. The third-order valence-corrected chi connectivity index (χ3v) is 3.83. The summed E-state index contributed by atoms with van der Waals surface area (Å²) in [7, 11) is -3.30. The van der Waals surface area contributed by atoms with Gasteiger partial charge in [-0.15, -0.1) is 0 Å². The maximum atomic E-state index is 11.8. The zero-order valence-electron chi connectivity index (χ0n) is 13.7. The fourth-order valence-corrected chi connectivity index (χ4v) is 2.76. The molecule has 24 heavy (non-hydrogen) atoms. The van der Waals surface area contributed by atoms with E-state index >= 15 is 0 Å². The number of rotatable bonds is 6. The Morgan fingerprint density at radius 1 is 1.04 bits per heavy atom. The van der Waals surface area contributed by atoms with Crippen molar-refractivity contribution >= 4 is 27.4 Å². The lowest BCUT2D eigenvalue weighted by atomic mass is 10.1. The summed E-state index contributed by atoms with van der Waals surface area (Å²) in [4.78, 5) is 11.8. The molecule has 0 aromatic heterocycles. The van der Waals surface area contributed by atoms with Crippen LogP contribution in [0, 0.1) is 6.92 Å². The van der Waals surface area contributed by atoms with E-state index in [1.54, 1.807) is 24.3 Å². The van der Waals surface area contributed by atoms with Gasteiger partial charge in [0.2, 0.25) is 10.0 Å². The number of nitrogens with one attached hydrogen (secondary N) is 3. The van der Waals surface area contributed by atoms with Crippen molar-refractivity contribution in [2.45, 2.75) is 13.3 Å². The smallest absolute Gasteiger partial charge is 0.319 e. The first kappa shape index (κ1) is 17.8. The predicted octanol–water partition coefficient (Wildman–Crippen LogP) is 2.73. The van der Waals surface area contributed by atoms with Crippen LogP contribution in [-0.2, 0) is 16.4 Å². The van der Waals surface area contributed by atoms with Crippen molar-refractivity contribution in [1.82, 2.24) is 5.32 Å². The number of hydrogen-bond acceptors (Lipinski definition) is 3. The summed E-state index contributed by atoms with van der Waals surface area (Å²) < 4.78 is 24.6. The van der Waals surface area contributed by atoms with E-state index in [-0.39, 0.29) is 6.03 Å². The molecular weight excluding hydrogens is 326 g/mol. The third kappa shape index (κ3) is 6.29. The molecule has 0 unspecified atom stereocenters. The number of carbonyl (C=O) groups is 1. The Bertz CT molecular complexity index is 802. The quantitative estimate of drug-likeness (QED) is 0.751. The lowest BCUT2D eigenvalue weighted by molar-refractivity contribution is 0.252. The van der Waals surface area contributed by atoms with Crippen LogP contribution < -0.4 is 15.4 Å². The number of benzene rings is 2. The van der Waals surface area contributed by atoms with Crippen LogP contribution in [0.5, 0.6) is 0 Å². The van der Waals surface area contributed by atoms with Crippen molar-refractivity contribution in [2.75, 3.05) is 22.8 Å². The molecule has 2 aromatic rings. The lowest BCUT2D eigenvalue weighted by Gasteiger charge is -2.09. The van der Waals surface area contributed by atoms with Crippen molar-refractivity contribution in [3.05, 3.63) is 59.7 Å². The van der Waals surface area contributed by atoms with Crippen LogP contribution >= 0.6 is 0 Å². The molecule has 7 heteroatoms. The normalized spacial score (nSPS) is 10.9. The zero-order chi connectivity index (χ0) is 17.6. The molecule has 6 nitrogen and oxygen atoms in total. The molecule has 0 bridgehead atoms. The minimum absolute atomic E-state index is 0.300. The standard InChI is InChI=1S/C17H21N3O3S/c1-13-4-3-5-14(12-13)10-11-18-17(21)19-15-6-8-16(9-7-15)20-24(2,22)23/h3-9,12,20H,10-11H2,1-2H3,(H2,18,19,21). The van der Waals surface area contributed by atoms with Crippen molar-refractivity contribution in [2.24, 2.45) is 0 Å². The van der Waals surface area contributed by atoms with E-state index in [1.807, 2.05) is 25.1 Å². The molecule has 2 amide bonds. The molecule has 0 fully saturated rings. The molecule has 0 spiro atoms. The lowest BCUT2D eigenvalue weighted by Crippen LogP contribution is -2.30. The summed E-state index contributed by atoms with van der Waals surface area (Å²) in [6, 6.07) is 14.3. The molecule has 128 valence electrons. The Kier molecular flexibility index (Phi) is 5.81. The molecule has 0 radical (unpaired) electrons. The summed E-state index contributed by atoms with van der Waals surface area (Å²) >= 11 is 0. The Morgan fingerprint density at radius 2 is 1.71 bits per heavy atom. The molecule has 0 aliphatic rings. The zero-order valence-corrected chi connectivity index (χ0v) is 14.5. The Balaban J connectivity index is 1.79. The number of urea groups is 1. The van der Waals surface area contributed by atoms with Crippen molar-refractivity contribution in [3.63, 3.8) is 0 Å². The molecule has 0 saturated heterocycles. The average Bonchev–Trinajstić information content (AvgIpc) is 2.48. The predicted molar refractivity (Wildman–Crippen MR) is 96.8 cm³/mol. The highest BCUT2D eigenvalue weighted by molar-refractivity contribution is 7.92. The van der Waals surface area contributed by atoms with E-state index in [0.29, 0.717) is 17.9 Å². The number of aryl methyl sites for hydroxylation is 1. The number of hydrogen-bond donors (Lipinski definition) is 3. The van der Waals surface area contributed by atoms with Crippen LogP contribution in [-0.4, -0.2) is 27.2 Å². The first-order valence-corrected chi connectivity index (χ1v) is 9.39. The van der Waals surface area contributed by atoms with Crippen molar-refractivity contribution < 1.29 is 13.2 Å². The molecule has 0 aliphatic heterocycles. The molecule has 3 N–H and O–H groups in total. The summed E-state index contributed by atoms with van der Waals surface area (Å²) in [5.74, 6) is 0. The van der Waals surface area contributed by atoms with E-state index in [2.05, 4.69) is 21.4 Å². The second-order valence-corrected chi connectivity index (χ2v) is 7.32. The van der Waals surface area contributed by atoms with Crippen LogP contribution in [0.15, 0.2) is 48.5 Å². The maximum Gasteiger partial charge on any atom is 0.319 e. The molecule has 2 rings (SSSR count). The number of amides is 2. The van der Waals surface area contributed by atoms with Crippen LogP contribution in [0.2, 0.25) is 0 Å². The highest BCUT2D eigenvalue weighted by Crippen LogP contribution is 2.14. The summed E-state index contributed by atoms with van der Waals surface area (Å²) in [5, 5.41) is 5.49. The Hall–Kier alpha value is -2.54. The van der Waals surface area contributed by atoms with Gasteiger partial charge in [0.15, 0.2) is 0 Å².